The molecule has 0 amide bonds. The van der Waals surface area contributed by atoms with Gasteiger partial charge in [0.05, 0.1) is 0 Å². The van der Waals surface area contributed by atoms with Crippen molar-refractivity contribution in [1.29, 1.82) is 0 Å². The fourth-order valence-electron chi connectivity index (χ4n) is 0. The monoisotopic (exact) mass is 999 g/mol. The van der Waals surface area contributed by atoms with Crippen LogP contribution in [-0.2, 0) is 0 Å². The first-order valence-electron chi connectivity index (χ1n) is 6.12. The SMILES string of the molecule is O=C([O-])[O-].O=C([O-])[O-].O=C([O-])[O-].O=C([O-])[O-].O=C([O-])[O-].O=C([O-])[O-].O=C([O-])[O-].O=C([O-])[O-].O=C([O-])[O-].O=C([O-])[O-].[Ca+2].[Ca+2].[Ca+2].[Ca+2].[Ca+2].[Ca+2].[Ca+2].[Ca+2].[Ca+2].[Ca+2]. The molecule has 0 unspecified atom stereocenters. The third-order valence-electron chi connectivity index (χ3n) is 0. The van der Waals surface area contributed by atoms with Gasteiger partial charge in [0.25, 0.3) is 0 Å². The predicted molar refractivity (Wildman–Crippen MR) is 112 cm³/mol. The summed E-state index contributed by atoms with van der Waals surface area (Å²) in [4.78, 5) is 83.3. The van der Waals surface area contributed by atoms with E-state index in [0.717, 1.165) is 0 Å². The maximum atomic E-state index is 8.33. The summed E-state index contributed by atoms with van der Waals surface area (Å²) in [5.74, 6) is 0. The van der Waals surface area contributed by atoms with Gasteiger partial charge in [-0.25, -0.2) is 0 Å². The molecule has 0 saturated heterocycles. The first-order valence-corrected chi connectivity index (χ1v) is 6.12. The molecule has 40 heteroatoms. The minimum atomic E-state index is -2.33. The number of carbonyl (C=O) groups is 10. The first-order chi connectivity index (χ1) is 17.3. The number of hydrogen-bond donors (Lipinski definition) is 0. The standard InChI is InChI=1S/10CH2O3.10Ca/c10*2-1(3)4;;;;;;;;;;/h10*(H2,2,3,4);;;;;;;;;;/q;;;;;;;;;;10*+2/p-20. The molecule has 0 aliphatic rings. The zero-order valence-electron chi connectivity index (χ0n) is 24.3. The Morgan fingerprint density at radius 1 is 0.140 bits per heavy atom. The van der Waals surface area contributed by atoms with E-state index in [1.54, 1.807) is 0 Å². The van der Waals surface area contributed by atoms with Crippen LogP contribution >= 0.6 is 0 Å². The maximum absolute atomic E-state index is 8.33. The van der Waals surface area contributed by atoms with Gasteiger partial charge in [-0.2, -0.15) is 0 Å². The fraction of sp³-hybridized carbons (Fsp3) is 0. The summed E-state index contributed by atoms with van der Waals surface area (Å²) in [6.45, 7) is 0. The molecule has 0 atom stereocenters. The average molecular weight is 1000 g/mol. The van der Waals surface area contributed by atoms with Crippen LogP contribution in [0.1, 0.15) is 0 Å². The van der Waals surface area contributed by atoms with Gasteiger partial charge in [0.1, 0.15) is 0 Å². The number of rotatable bonds is 0. The van der Waals surface area contributed by atoms with Gasteiger partial charge in [-0.05, 0) is 61.6 Å². The molecular formula is C10Ca10O30. The third-order valence-corrected chi connectivity index (χ3v) is 0. The third kappa shape index (κ3) is 5190. The van der Waals surface area contributed by atoms with Crippen molar-refractivity contribution in [3.05, 3.63) is 0 Å². The molecule has 30 nitrogen and oxygen atoms in total. The summed E-state index contributed by atoms with van der Waals surface area (Å²) < 4.78 is 0. The van der Waals surface area contributed by atoms with Crippen LogP contribution in [-0.4, -0.2) is 439 Å². The van der Waals surface area contributed by atoms with E-state index < -0.39 is 61.6 Å². The Kier molecular flexibility index (Phi) is 324. The first kappa shape index (κ1) is 131. The molecule has 0 fully saturated rings. The fourth-order valence-corrected chi connectivity index (χ4v) is 0. The maximum Gasteiger partial charge on any atom is 2.00 e. The van der Waals surface area contributed by atoms with Gasteiger partial charge < -0.3 is 150 Å². The Bertz CT molecular complexity index is 498. The van der Waals surface area contributed by atoms with Crippen LogP contribution in [0.4, 0.5) is 47.9 Å². The van der Waals surface area contributed by atoms with Gasteiger partial charge in [0, 0.05) is 0 Å². The minimum absolute atomic E-state index is 0. The molecule has 0 aromatic rings. The van der Waals surface area contributed by atoms with E-state index >= 15 is 0 Å². The van der Waals surface area contributed by atoms with Gasteiger partial charge in [-0.3, -0.25) is 0 Å². The van der Waals surface area contributed by atoms with Crippen molar-refractivity contribution in [3.63, 3.8) is 0 Å². The van der Waals surface area contributed by atoms with Gasteiger partial charge in [0.2, 0.25) is 0 Å². The average Bonchev–Trinajstić information content (AvgIpc) is 2.47. The summed E-state index contributed by atoms with van der Waals surface area (Å²) in [5, 5.41) is 167. The molecule has 0 aliphatic heterocycles. The Morgan fingerprint density at radius 2 is 0.140 bits per heavy atom. The summed E-state index contributed by atoms with van der Waals surface area (Å²) in [6.07, 6.45) is -23.3. The van der Waals surface area contributed by atoms with Gasteiger partial charge >= 0.3 is 377 Å². The second-order valence-corrected chi connectivity index (χ2v) is 2.50. The number of carboxylic acid groups (broad SMARTS) is 20. The Hall–Kier alpha value is 5.30. The van der Waals surface area contributed by atoms with E-state index in [0.29, 0.717) is 0 Å². The van der Waals surface area contributed by atoms with Crippen molar-refractivity contribution >= 4 is 439 Å². The van der Waals surface area contributed by atoms with Gasteiger partial charge in [0.15, 0.2) is 0 Å². The smallest absolute Gasteiger partial charge is 0.652 e. The Labute approximate surface area is 574 Å². The quantitative estimate of drug-likeness (QED) is 0.203. The summed E-state index contributed by atoms with van der Waals surface area (Å²) in [6, 6.07) is 0. The second-order valence-electron chi connectivity index (χ2n) is 2.50. The van der Waals surface area contributed by atoms with Crippen molar-refractivity contribution in [2.75, 3.05) is 0 Å². The van der Waals surface area contributed by atoms with Crippen LogP contribution in [0.2, 0.25) is 0 Å². The molecule has 0 N–H and O–H groups in total. The molecule has 0 radical (unpaired) electrons. The van der Waals surface area contributed by atoms with E-state index in [1.807, 2.05) is 0 Å². The van der Waals surface area contributed by atoms with Crippen molar-refractivity contribution in [2.24, 2.45) is 0 Å². The Morgan fingerprint density at radius 3 is 0.140 bits per heavy atom. The van der Waals surface area contributed by atoms with E-state index in [1.165, 1.54) is 0 Å². The molecule has 50 heavy (non-hydrogen) atoms. The van der Waals surface area contributed by atoms with Crippen LogP contribution < -0.4 is 102 Å². The van der Waals surface area contributed by atoms with Gasteiger partial charge in [-0.1, -0.05) is 0 Å². The van der Waals surface area contributed by atoms with Crippen molar-refractivity contribution < 1.29 is 150 Å². The van der Waals surface area contributed by atoms with E-state index in [9.17, 15) is 0 Å². The van der Waals surface area contributed by atoms with Crippen LogP contribution in [0.15, 0.2) is 0 Å². The second kappa shape index (κ2) is 124. The van der Waals surface area contributed by atoms with Crippen LogP contribution in [0.25, 0.3) is 0 Å². The topological polar surface area (TPSA) is 632 Å². The molecule has 0 aliphatic carbocycles. The molecule has 0 aromatic heterocycles. The van der Waals surface area contributed by atoms with Crippen LogP contribution in [0.5, 0.6) is 0 Å². The largest absolute Gasteiger partial charge is 2.00 e. The molecule has 0 rings (SSSR count). The molecule has 0 saturated carbocycles. The molecule has 0 spiro atoms. The van der Waals surface area contributed by atoms with Crippen molar-refractivity contribution in [3.8, 4) is 0 Å². The molecule has 0 aromatic carbocycles. The van der Waals surface area contributed by atoms with Crippen LogP contribution in [0, 0.1) is 0 Å². The zero-order valence-corrected chi connectivity index (χ0v) is 46.4. The number of hydrogen-bond acceptors (Lipinski definition) is 30. The summed E-state index contributed by atoms with van der Waals surface area (Å²) in [5.41, 5.74) is 0. The molecule has 240 valence electrons. The molecule has 0 heterocycles. The minimum Gasteiger partial charge on any atom is -0.652 e. The molecule has 0 bridgehead atoms. The van der Waals surface area contributed by atoms with Crippen molar-refractivity contribution in [2.45, 2.75) is 0 Å². The summed E-state index contributed by atoms with van der Waals surface area (Å²) >= 11 is 0. The van der Waals surface area contributed by atoms with Crippen molar-refractivity contribution in [1.82, 2.24) is 0 Å². The summed E-state index contributed by atoms with van der Waals surface area (Å²) in [7, 11) is 0. The zero-order chi connectivity index (χ0) is 35.8. The van der Waals surface area contributed by atoms with E-state index in [-0.39, 0.29) is 377 Å². The van der Waals surface area contributed by atoms with E-state index in [2.05, 4.69) is 0 Å². The normalized spacial score (nSPS) is 4.80. The molecular weight excluding hydrogens is 1000 g/mol. The van der Waals surface area contributed by atoms with Crippen LogP contribution in [0.3, 0.4) is 0 Å². The Balaban J connectivity index is -0.0000000109. The van der Waals surface area contributed by atoms with E-state index in [4.69, 9.17) is 150 Å². The van der Waals surface area contributed by atoms with Gasteiger partial charge in [-0.15, -0.1) is 0 Å². The predicted octanol–water partition coefficient (Wildman–Crippen LogP) is -28.3. The number of carbonyl (C=O) groups excluding carboxylic acids is 10.